The maximum atomic E-state index is 5.19. The first-order valence-corrected chi connectivity index (χ1v) is 17.7. The average Bonchev–Trinajstić information content (AvgIpc) is 3.00. The summed E-state index contributed by atoms with van der Waals surface area (Å²) in [5.74, 6) is 0. The number of rotatable bonds is 24. The second-order valence-corrected chi connectivity index (χ2v) is 12.1. The van der Waals surface area contributed by atoms with Gasteiger partial charge in [0.25, 0.3) is 0 Å². The highest BCUT2D eigenvalue weighted by Gasteiger charge is 2.05. The molecule has 0 saturated heterocycles. The summed E-state index contributed by atoms with van der Waals surface area (Å²) in [5, 5.41) is 0. The molecule has 0 saturated carbocycles. The summed E-state index contributed by atoms with van der Waals surface area (Å²) < 4.78 is 0. The largest absolute Gasteiger partial charge is 0.255 e. The van der Waals surface area contributed by atoms with E-state index in [1.165, 1.54) is 100 Å². The van der Waals surface area contributed by atoms with Crippen LogP contribution in [-0.2, 0) is 19.3 Å². The molecule has 0 amide bonds. The van der Waals surface area contributed by atoms with Gasteiger partial charge in [-0.1, -0.05) is 122 Å². The van der Waals surface area contributed by atoms with Crippen molar-refractivity contribution in [1.29, 1.82) is 0 Å². The van der Waals surface area contributed by atoms with Gasteiger partial charge in [0.2, 0.25) is 0 Å². The summed E-state index contributed by atoms with van der Waals surface area (Å²) in [6.07, 6.45) is 31.4. The minimum Gasteiger partial charge on any atom is -0.255 e. The number of benzene rings is 2. The molecule has 0 N–H and O–H groups in total. The molecule has 0 fully saturated rings. The number of hydrogen-bond acceptors (Lipinski definition) is 2. The van der Waals surface area contributed by atoms with E-state index in [0.717, 1.165) is 62.0 Å². The number of aliphatic imine (C=N–C) groups is 2. The Labute approximate surface area is 260 Å². The lowest BCUT2D eigenvalue weighted by Crippen LogP contribution is -2.00. The Morgan fingerprint density at radius 2 is 1.19 bits per heavy atom. The molecule has 232 valence electrons. The molecular formula is C40H62N2. The summed E-state index contributed by atoms with van der Waals surface area (Å²) >= 11 is 0. The molecule has 0 aromatic heterocycles. The lowest BCUT2D eigenvalue weighted by molar-refractivity contribution is 0.637. The molecule has 0 aliphatic heterocycles. The Balaban J connectivity index is 2.10. The van der Waals surface area contributed by atoms with E-state index in [0.29, 0.717) is 0 Å². The molecular weight excluding hydrogens is 508 g/mol. The van der Waals surface area contributed by atoms with Gasteiger partial charge in [0.15, 0.2) is 0 Å². The van der Waals surface area contributed by atoms with Crippen molar-refractivity contribution in [3.8, 4) is 0 Å². The van der Waals surface area contributed by atoms with Crippen molar-refractivity contribution in [3.63, 3.8) is 0 Å². The van der Waals surface area contributed by atoms with Crippen molar-refractivity contribution in [2.75, 3.05) is 0 Å². The van der Waals surface area contributed by atoms with Crippen LogP contribution in [0.5, 0.6) is 0 Å². The lowest BCUT2D eigenvalue weighted by atomic mass is 10.00. The second kappa shape index (κ2) is 24.0. The van der Waals surface area contributed by atoms with Crippen LogP contribution in [0.3, 0.4) is 0 Å². The average molecular weight is 571 g/mol. The Hall–Kier alpha value is -2.48. The molecule has 0 aliphatic carbocycles. The zero-order valence-corrected chi connectivity index (χ0v) is 27.8. The number of nitrogens with zero attached hydrogens (tertiary/aromatic N) is 2. The molecule has 0 spiro atoms. The predicted molar refractivity (Wildman–Crippen MR) is 190 cm³/mol. The predicted octanol–water partition coefficient (Wildman–Crippen LogP) is 13.1. The lowest BCUT2D eigenvalue weighted by Gasteiger charge is -2.09. The second-order valence-electron chi connectivity index (χ2n) is 12.1. The molecule has 2 rings (SSSR count). The zero-order valence-electron chi connectivity index (χ0n) is 27.8. The van der Waals surface area contributed by atoms with E-state index in [1.54, 1.807) is 0 Å². The van der Waals surface area contributed by atoms with Crippen LogP contribution in [0.25, 0.3) is 0 Å². The first-order valence-electron chi connectivity index (χ1n) is 17.7. The topological polar surface area (TPSA) is 24.7 Å². The summed E-state index contributed by atoms with van der Waals surface area (Å²) in [6.45, 7) is 9.09. The Bertz CT molecular complexity index is 1020. The zero-order chi connectivity index (χ0) is 30.1. The summed E-state index contributed by atoms with van der Waals surface area (Å²) in [4.78, 5) is 10.2. The van der Waals surface area contributed by atoms with Gasteiger partial charge in [0, 0.05) is 6.21 Å². The van der Waals surface area contributed by atoms with Crippen LogP contribution in [0.2, 0.25) is 0 Å². The molecule has 0 unspecified atom stereocenters. The van der Waals surface area contributed by atoms with Crippen molar-refractivity contribution in [1.82, 2.24) is 0 Å². The van der Waals surface area contributed by atoms with Crippen LogP contribution >= 0.6 is 0 Å². The third-order valence-electron chi connectivity index (χ3n) is 8.04. The number of unbranched alkanes of at least 4 members (excludes halogenated alkanes) is 11. The Kier molecular flexibility index (Phi) is 20.4. The van der Waals surface area contributed by atoms with Gasteiger partial charge in [-0.25, -0.2) is 0 Å². The normalized spacial score (nSPS) is 12.2. The highest BCUT2D eigenvalue weighted by Crippen LogP contribution is 2.24. The van der Waals surface area contributed by atoms with Crippen LogP contribution in [0.4, 0.5) is 11.4 Å². The van der Waals surface area contributed by atoms with E-state index in [2.05, 4.69) is 88.5 Å². The summed E-state index contributed by atoms with van der Waals surface area (Å²) in [5.41, 5.74) is 7.52. The van der Waals surface area contributed by atoms with Crippen molar-refractivity contribution in [2.24, 2.45) is 9.98 Å². The molecule has 2 aromatic carbocycles. The Morgan fingerprint density at radius 1 is 0.595 bits per heavy atom. The van der Waals surface area contributed by atoms with E-state index < -0.39 is 0 Å². The van der Waals surface area contributed by atoms with E-state index in [1.807, 2.05) is 0 Å². The maximum absolute atomic E-state index is 5.19. The number of hydrogen-bond donors (Lipinski definition) is 0. The van der Waals surface area contributed by atoms with Crippen molar-refractivity contribution >= 4 is 23.3 Å². The molecule has 42 heavy (non-hydrogen) atoms. The molecule has 0 heterocycles. The minimum atomic E-state index is 0.967. The number of aryl methyl sites for hydroxylation is 3. The molecule has 0 atom stereocenters. The SMILES string of the molecule is CCCCCCCC=CCCCc1ccccc1N=C(C=Nc1cc(CCCCC)cc(CCCCC)c1)CCCC. The van der Waals surface area contributed by atoms with E-state index >= 15 is 0 Å². The Morgan fingerprint density at radius 3 is 1.86 bits per heavy atom. The summed E-state index contributed by atoms with van der Waals surface area (Å²) in [7, 11) is 0. The van der Waals surface area contributed by atoms with E-state index in [4.69, 9.17) is 9.98 Å². The fourth-order valence-corrected chi connectivity index (χ4v) is 5.42. The molecule has 0 aliphatic rings. The number of para-hydroxylation sites is 1. The highest BCUT2D eigenvalue weighted by atomic mass is 14.8. The van der Waals surface area contributed by atoms with Crippen molar-refractivity contribution < 1.29 is 0 Å². The van der Waals surface area contributed by atoms with Crippen molar-refractivity contribution in [3.05, 3.63) is 71.3 Å². The smallest absolute Gasteiger partial charge is 0.0665 e. The molecule has 2 nitrogen and oxygen atoms in total. The van der Waals surface area contributed by atoms with Crippen LogP contribution in [-0.4, -0.2) is 11.9 Å². The third kappa shape index (κ3) is 16.2. The van der Waals surface area contributed by atoms with Crippen LogP contribution < -0.4 is 0 Å². The molecule has 0 radical (unpaired) electrons. The van der Waals surface area contributed by atoms with E-state index in [-0.39, 0.29) is 0 Å². The maximum Gasteiger partial charge on any atom is 0.0665 e. The standard InChI is InChI=1S/C40H62N2/c1-5-9-13-14-15-16-17-18-19-22-27-37-28-23-24-30-40(37)42-38(29-12-8-4)34-41-39-32-35(25-20-10-6-2)31-36(33-39)26-21-11-7-3/h17-18,23-24,28,30-34H,5-16,19-22,25-27,29H2,1-4H3. The van der Waals surface area contributed by atoms with Gasteiger partial charge in [-0.2, -0.15) is 0 Å². The molecule has 2 heteroatoms. The fourth-order valence-electron chi connectivity index (χ4n) is 5.42. The van der Waals surface area contributed by atoms with Gasteiger partial charge < -0.3 is 0 Å². The van der Waals surface area contributed by atoms with Gasteiger partial charge in [-0.15, -0.1) is 0 Å². The first kappa shape index (κ1) is 35.7. The van der Waals surface area contributed by atoms with Crippen molar-refractivity contribution in [2.45, 2.75) is 156 Å². The van der Waals surface area contributed by atoms with Gasteiger partial charge >= 0.3 is 0 Å². The van der Waals surface area contributed by atoms with Crippen LogP contribution in [0.1, 0.15) is 154 Å². The first-order chi connectivity index (χ1) is 20.7. The monoisotopic (exact) mass is 570 g/mol. The van der Waals surface area contributed by atoms with E-state index in [9.17, 15) is 0 Å². The van der Waals surface area contributed by atoms with Crippen LogP contribution in [0.15, 0.2) is 64.6 Å². The van der Waals surface area contributed by atoms with Gasteiger partial charge in [-0.3, -0.25) is 9.98 Å². The third-order valence-corrected chi connectivity index (χ3v) is 8.04. The number of allylic oxidation sites excluding steroid dienone is 2. The summed E-state index contributed by atoms with van der Waals surface area (Å²) in [6, 6.07) is 15.8. The van der Waals surface area contributed by atoms with Gasteiger partial charge in [0.1, 0.15) is 0 Å². The molecule has 2 aromatic rings. The van der Waals surface area contributed by atoms with Gasteiger partial charge in [0.05, 0.1) is 17.1 Å². The minimum absolute atomic E-state index is 0.967. The molecule has 0 bridgehead atoms. The van der Waals surface area contributed by atoms with Gasteiger partial charge in [-0.05, 0) is 106 Å². The fraction of sp³-hybridized carbons (Fsp3) is 0.600. The quantitative estimate of drug-likeness (QED) is 0.0681. The highest BCUT2D eigenvalue weighted by molar-refractivity contribution is 6.31. The van der Waals surface area contributed by atoms with Crippen LogP contribution in [0, 0.1) is 0 Å².